The molecule has 74 valence electrons. The number of imidazole rings is 1. The highest BCUT2D eigenvalue weighted by molar-refractivity contribution is 7.98. The molecule has 1 aromatic rings. The van der Waals surface area contributed by atoms with Gasteiger partial charge in [0.1, 0.15) is 0 Å². The molecule has 3 nitrogen and oxygen atoms in total. The summed E-state index contributed by atoms with van der Waals surface area (Å²) in [6.45, 7) is 4.07. The molecule has 0 aromatic carbocycles. The Hall–Kier alpha value is -0.640. The second-order valence-corrected chi connectivity index (χ2v) is 3.81. The van der Waals surface area contributed by atoms with E-state index in [0.717, 1.165) is 19.0 Å². The van der Waals surface area contributed by atoms with E-state index in [1.807, 2.05) is 24.2 Å². The van der Waals surface area contributed by atoms with Gasteiger partial charge in [-0.15, -0.1) is 0 Å². The molecular weight excluding hydrogens is 182 g/mol. The van der Waals surface area contributed by atoms with Gasteiger partial charge in [-0.05, 0) is 25.4 Å². The van der Waals surface area contributed by atoms with Gasteiger partial charge < -0.3 is 9.88 Å². The first kappa shape index (κ1) is 10.4. The molecule has 0 aliphatic heterocycles. The molecule has 1 rings (SSSR count). The fourth-order valence-corrected chi connectivity index (χ4v) is 1.61. The molecule has 0 amide bonds. The van der Waals surface area contributed by atoms with Crippen LogP contribution in [0.3, 0.4) is 0 Å². The van der Waals surface area contributed by atoms with Crippen LogP contribution in [0.2, 0.25) is 0 Å². The highest BCUT2D eigenvalue weighted by Crippen LogP contribution is 2.06. The number of aromatic nitrogens is 2. The molecule has 0 unspecified atom stereocenters. The molecule has 4 heteroatoms. The average molecular weight is 199 g/mol. The minimum Gasteiger partial charge on any atom is -0.356 e. The standard InChI is InChI=1S/C9H17N3S/c1-3-10-9-11-5-7-12(9)6-4-8-13-2/h5,7H,3-4,6,8H2,1-2H3,(H,10,11). The second-order valence-electron chi connectivity index (χ2n) is 2.82. The van der Waals surface area contributed by atoms with Crippen LogP contribution in [0.1, 0.15) is 13.3 Å². The first-order chi connectivity index (χ1) is 6.38. The van der Waals surface area contributed by atoms with Gasteiger partial charge in [0.15, 0.2) is 0 Å². The van der Waals surface area contributed by atoms with E-state index in [0.29, 0.717) is 0 Å². The van der Waals surface area contributed by atoms with Crippen molar-refractivity contribution in [1.29, 1.82) is 0 Å². The SMILES string of the molecule is CCNc1nccn1CCCSC. The molecule has 0 bridgehead atoms. The number of aryl methyl sites for hydroxylation is 1. The molecular formula is C9H17N3S. The van der Waals surface area contributed by atoms with Gasteiger partial charge in [-0.1, -0.05) is 0 Å². The van der Waals surface area contributed by atoms with Gasteiger partial charge >= 0.3 is 0 Å². The largest absolute Gasteiger partial charge is 0.356 e. The van der Waals surface area contributed by atoms with Crippen LogP contribution in [-0.4, -0.2) is 28.1 Å². The highest BCUT2D eigenvalue weighted by atomic mass is 32.2. The van der Waals surface area contributed by atoms with E-state index in [1.165, 1.54) is 12.2 Å². The van der Waals surface area contributed by atoms with Gasteiger partial charge in [0.25, 0.3) is 0 Å². The third kappa shape index (κ3) is 3.30. The Bertz CT molecular complexity index is 235. The molecule has 0 aliphatic carbocycles. The molecule has 13 heavy (non-hydrogen) atoms. The maximum absolute atomic E-state index is 4.23. The minimum atomic E-state index is 0.930. The van der Waals surface area contributed by atoms with Gasteiger partial charge in [-0.3, -0.25) is 0 Å². The summed E-state index contributed by atoms with van der Waals surface area (Å²) >= 11 is 1.89. The second kappa shape index (κ2) is 5.91. The number of anilines is 1. The lowest BCUT2D eigenvalue weighted by Crippen LogP contribution is -2.07. The summed E-state index contributed by atoms with van der Waals surface area (Å²) < 4.78 is 2.17. The first-order valence-electron chi connectivity index (χ1n) is 4.62. The number of rotatable bonds is 6. The molecule has 0 saturated carbocycles. The van der Waals surface area contributed by atoms with Crippen molar-refractivity contribution < 1.29 is 0 Å². The van der Waals surface area contributed by atoms with Crippen LogP contribution < -0.4 is 5.32 Å². The first-order valence-corrected chi connectivity index (χ1v) is 6.01. The number of nitrogens with zero attached hydrogens (tertiary/aromatic N) is 2. The Morgan fingerprint density at radius 3 is 3.15 bits per heavy atom. The van der Waals surface area contributed by atoms with E-state index in [1.54, 1.807) is 0 Å². The molecule has 0 fully saturated rings. The number of hydrogen-bond acceptors (Lipinski definition) is 3. The number of nitrogens with one attached hydrogen (secondary N) is 1. The predicted octanol–water partition coefficient (Wildman–Crippen LogP) is 2.07. The van der Waals surface area contributed by atoms with E-state index in [2.05, 4.69) is 28.0 Å². The van der Waals surface area contributed by atoms with Crippen LogP contribution >= 0.6 is 11.8 Å². The predicted molar refractivity (Wildman–Crippen MR) is 59.4 cm³/mol. The summed E-state index contributed by atoms with van der Waals surface area (Å²) in [5.41, 5.74) is 0. The average Bonchev–Trinajstić information content (AvgIpc) is 2.54. The van der Waals surface area contributed by atoms with Crippen LogP contribution in [0.4, 0.5) is 5.95 Å². The van der Waals surface area contributed by atoms with Crippen molar-refractivity contribution in [3.05, 3.63) is 12.4 Å². The van der Waals surface area contributed by atoms with Crippen molar-refractivity contribution >= 4 is 17.7 Å². The van der Waals surface area contributed by atoms with Gasteiger partial charge in [0.05, 0.1) is 0 Å². The van der Waals surface area contributed by atoms with E-state index in [-0.39, 0.29) is 0 Å². The zero-order chi connectivity index (χ0) is 9.52. The Labute approximate surface area is 83.9 Å². The van der Waals surface area contributed by atoms with Gasteiger partial charge in [0.2, 0.25) is 5.95 Å². The van der Waals surface area contributed by atoms with Gasteiger partial charge in [-0.25, -0.2) is 4.98 Å². The maximum atomic E-state index is 4.23. The number of hydrogen-bond donors (Lipinski definition) is 1. The topological polar surface area (TPSA) is 29.9 Å². The Kier molecular flexibility index (Phi) is 4.75. The summed E-state index contributed by atoms with van der Waals surface area (Å²) in [7, 11) is 0. The quantitative estimate of drug-likeness (QED) is 0.711. The van der Waals surface area contributed by atoms with Gasteiger partial charge in [0, 0.05) is 25.5 Å². The van der Waals surface area contributed by atoms with Crippen molar-refractivity contribution in [2.24, 2.45) is 0 Å². The Balaban J connectivity index is 2.40. The fraction of sp³-hybridized carbons (Fsp3) is 0.667. The van der Waals surface area contributed by atoms with Crippen molar-refractivity contribution in [1.82, 2.24) is 9.55 Å². The summed E-state index contributed by atoms with van der Waals surface area (Å²) in [4.78, 5) is 4.23. The molecule has 0 aliphatic rings. The third-order valence-electron chi connectivity index (χ3n) is 1.80. The molecule has 0 spiro atoms. The summed E-state index contributed by atoms with van der Waals surface area (Å²) in [5.74, 6) is 2.20. The smallest absolute Gasteiger partial charge is 0.202 e. The van der Waals surface area contributed by atoms with Crippen LogP contribution in [-0.2, 0) is 6.54 Å². The van der Waals surface area contributed by atoms with E-state index in [4.69, 9.17) is 0 Å². The lowest BCUT2D eigenvalue weighted by molar-refractivity contribution is 0.688. The van der Waals surface area contributed by atoms with Crippen molar-refractivity contribution in [3.63, 3.8) is 0 Å². The van der Waals surface area contributed by atoms with Crippen LogP contribution in [0, 0.1) is 0 Å². The minimum absolute atomic E-state index is 0.930. The van der Waals surface area contributed by atoms with Crippen molar-refractivity contribution in [2.75, 3.05) is 23.9 Å². The third-order valence-corrected chi connectivity index (χ3v) is 2.49. The summed E-state index contributed by atoms with van der Waals surface area (Å²) in [6, 6.07) is 0. The molecule has 1 N–H and O–H groups in total. The van der Waals surface area contributed by atoms with E-state index in [9.17, 15) is 0 Å². The Morgan fingerprint density at radius 2 is 2.46 bits per heavy atom. The fourth-order valence-electron chi connectivity index (χ4n) is 1.19. The summed E-state index contributed by atoms with van der Waals surface area (Å²) in [5, 5.41) is 3.23. The molecule has 0 saturated heterocycles. The van der Waals surface area contributed by atoms with Crippen LogP contribution in [0.5, 0.6) is 0 Å². The van der Waals surface area contributed by atoms with Crippen molar-refractivity contribution in [2.45, 2.75) is 19.9 Å². The zero-order valence-electron chi connectivity index (χ0n) is 8.29. The number of thioether (sulfide) groups is 1. The van der Waals surface area contributed by atoms with E-state index >= 15 is 0 Å². The lowest BCUT2D eigenvalue weighted by Gasteiger charge is -2.07. The summed E-state index contributed by atoms with van der Waals surface area (Å²) in [6.07, 6.45) is 7.21. The Morgan fingerprint density at radius 1 is 1.62 bits per heavy atom. The zero-order valence-corrected chi connectivity index (χ0v) is 9.10. The van der Waals surface area contributed by atoms with Crippen LogP contribution in [0.15, 0.2) is 12.4 Å². The highest BCUT2D eigenvalue weighted by Gasteiger charge is 1.99. The molecule has 0 atom stereocenters. The van der Waals surface area contributed by atoms with Crippen LogP contribution in [0.25, 0.3) is 0 Å². The molecule has 1 aromatic heterocycles. The normalized spacial score (nSPS) is 10.3. The lowest BCUT2D eigenvalue weighted by atomic mass is 10.5. The molecule has 1 heterocycles. The van der Waals surface area contributed by atoms with Crippen molar-refractivity contribution in [3.8, 4) is 0 Å². The monoisotopic (exact) mass is 199 g/mol. The molecule has 0 radical (unpaired) electrons. The maximum Gasteiger partial charge on any atom is 0.202 e. The van der Waals surface area contributed by atoms with Gasteiger partial charge in [-0.2, -0.15) is 11.8 Å². The van der Waals surface area contributed by atoms with E-state index < -0.39 is 0 Å².